The molecule has 0 atom stereocenters. The van der Waals surface area contributed by atoms with Crippen LogP contribution in [0.15, 0.2) is 24.3 Å². The summed E-state index contributed by atoms with van der Waals surface area (Å²) in [4.78, 5) is 13.7. The summed E-state index contributed by atoms with van der Waals surface area (Å²) >= 11 is 0. The van der Waals surface area contributed by atoms with E-state index in [0.29, 0.717) is 0 Å². The van der Waals surface area contributed by atoms with Crippen LogP contribution in [-0.4, -0.2) is 33.3 Å². The predicted octanol–water partition coefficient (Wildman–Crippen LogP) is 2.08. The quantitative estimate of drug-likeness (QED) is 0.769. The molecule has 1 saturated heterocycles. The van der Waals surface area contributed by atoms with Crippen molar-refractivity contribution in [2.24, 2.45) is 5.92 Å². The summed E-state index contributed by atoms with van der Waals surface area (Å²) in [5.41, 5.74) is 1.15. The number of piperidine rings is 1. The third kappa shape index (κ3) is 2.75. The summed E-state index contributed by atoms with van der Waals surface area (Å²) in [6.45, 7) is 1.76. The summed E-state index contributed by atoms with van der Waals surface area (Å²) < 4.78 is 10.0. The minimum absolute atomic E-state index is 0.0526. The Morgan fingerprint density at radius 2 is 2.00 bits per heavy atom. The number of esters is 1. The fraction of sp³-hybridized carbons (Fsp3) is 0.500. The third-order valence-electron chi connectivity index (χ3n) is 3.45. The maximum atomic E-state index is 11.4. The van der Waals surface area contributed by atoms with Gasteiger partial charge in [-0.3, -0.25) is 4.79 Å². The van der Waals surface area contributed by atoms with Crippen LogP contribution in [0.4, 0.5) is 5.69 Å². The Kier molecular flexibility index (Phi) is 4.07. The second-order valence-corrected chi connectivity index (χ2v) is 4.49. The van der Waals surface area contributed by atoms with Gasteiger partial charge >= 0.3 is 5.97 Å². The smallest absolute Gasteiger partial charge is 0.308 e. The van der Waals surface area contributed by atoms with Gasteiger partial charge in [0.25, 0.3) is 0 Å². The normalized spacial score (nSPS) is 16.4. The van der Waals surface area contributed by atoms with Crippen molar-refractivity contribution in [3.05, 3.63) is 24.3 Å². The zero-order valence-electron chi connectivity index (χ0n) is 10.9. The van der Waals surface area contributed by atoms with Crippen molar-refractivity contribution in [1.29, 1.82) is 0 Å². The lowest BCUT2D eigenvalue weighted by Gasteiger charge is -2.32. The highest BCUT2D eigenvalue weighted by Crippen LogP contribution is 2.26. The average molecular weight is 249 g/mol. The first-order chi connectivity index (χ1) is 8.74. The Morgan fingerprint density at radius 3 is 2.61 bits per heavy atom. The molecule has 98 valence electrons. The van der Waals surface area contributed by atoms with Gasteiger partial charge in [0.2, 0.25) is 0 Å². The number of rotatable bonds is 3. The molecule has 0 bridgehead atoms. The van der Waals surface area contributed by atoms with Crippen molar-refractivity contribution in [2.75, 3.05) is 32.2 Å². The van der Waals surface area contributed by atoms with Gasteiger partial charge in [-0.1, -0.05) is 6.07 Å². The second kappa shape index (κ2) is 5.76. The van der Waals surface area contributed by atoms with Gasteiger partial charge in [0.05, 0.1) is 20.1 Å². The number of carbonyl (C=O) groups is 1. The second-order valence-electron chi connectivity index (χ2n) is 4.49. The highest BCUT2D eigenvalue weighted by molar-refractivity contribution is 5.72. The summed E-state index contributed by atoms with van der Waals surface area (Å²) in [5, 5.41) is 0. The van der Waals surface area contributed by atoms with E-state index in [2.05, 4.69) is 11.0 Å². The van der Waals surface area contributed by atoms with Crippen LogP contribution in [0.25, 0.3) is 0 Å². The highest BCUT2D eigenvalue weighted by Gasteiger charge is 2.25. The standard InChI is InChI=1S/C14H19NO3/c1-17-13-5-3-4-12(10-13)15-8-6-11(7-9-15)14(16)18-2/h3-5,10-11H,6-9H2,1-2H3. The predicted molar refractivity (Wildman–Crippen MR) is 69.9 cm³/mol. The highest BCUT2D eigenvalue weighted by atomic mass is 16.5. The van der Waals surface area contributed by atoms with Crippen molar-refractivity contribution in [3.63, 3.8) is 0 Å². The van der Waals surface area contributed by atoms with Crippen LogP contribution in [0.2, 0.25) is 0 Å². The summed E-state index contributed by atoms with van der Waals surface area (Å²) in [7, 11) is 3.12. The maximum Gasteiger partial charge on any atom is 0.308 e. The number of nitrogens with zero attached hydrogens (tertiary/aromatic N) is 1. The number of hydrogen-bond donors (Lipinski definition) is 0. The van der Waals surface area contributed by atoms with Crippen LogP contribution in [0.5, 0.6) is 5.75 Å². The van der Waals surface area contributed by atoms with Gasteiger partial charge in [0.15, 0.2) is 0 Å². The largest absolute Gasteiger partial charge is 0.497 e. The number of ether oxygens (including phenoxy) is 2. The lowest BCUT2D eigenvalue weighted by Crippen LogP contribution is -2.36. The van der Waals surface area contributed by atoms with E-state index in [0.717, 1.165) is 37.4 Å². The first-order valence-corrected chi connectivity index (χ1v) is 6.21. The molecule has 0 radical (unpaired) electrons. The van der Waals surface area contributed by atoms with Gasteiger partial charge in [0, 0.05) is 24.8 Å². The molecule has 0 spiro atoms. The van der Waals surface area contributed by atoms with Crippen molar-refractivity contribution in [2.45, 2.75) is 12.8 Å². The van der Waals surface area contributed by atoms with Crippen LogP contribution >= 0.6 is 0 Å². The lowest BCUT2D eigenvalue weighted by atomic mass is 9.96. The fourth-order valence-electron chi connectivity index (χ4n) is 2.35. The molecule has 0 N–H and O–H groups in total. The summed E-state index contributed by atoms with van der Waals surface area (Å²) in [5.74, 6) is 0.833. The number of carbonyl (C=O) groups excluding carboxylic acids is 1. The van der Waals surface area contributed by atoms with Gasteiger partial charge in [-0.2, -0.15) is 0 Å². The molecule has 0 unspecified atom stereocenters. The first kappa shape index (κ1) is 12.7. The Hall–Kier alpha value is -1.71. The molecule has 1 aliphatic rings. The molecule has 0 aliphatic carbocycles. The van der Waals surface area contributed by atoms with E-state index in [-0.39, 0.29) is 11.9 Å². The van der Waals surface area contributed by atoms with Gasteiger partial charge in [-0.15, -0.1) is 0 Å². The maximum absolute atomic E-state index is 11.4. The van der Waals surface area contributed by atoms with Crippen LogP contribution in [-0.2, 0) is 9.53 Å². The Labute approximate surface area is 107 Å². The molecule has 4 nitrogen and oxygen atoms in total. The molecular weight excluding hydrogens is 230 g/mol. The molecule has 0 aromatic heterocycles. The molecule has 2 rings (SSSR count). The Balaban J connectivity index is 1.98. The van der Waals surface area contributed by atoms with E-state index in [4.69, 9.17) is 9.47 Å². The molecule has 18 heavy (non-hydrogen) atoms. The van der Waals surface area contributed by atoms with Crippen molar-refractivity contribution < 1.29 is 14.3 Å². The summed E-state index contributed by atoms with van der Waals surface area (Å²) in [6.07, 6.45) is 1.70. The molecular formula is C14H19NO3. The van der Waals surface area contributed by atoms with Gasteiger partial charge in [0.1, 0.15) is 5.75 Å². The zero-order valence-corrected chi connectivity index (χ0v) is 10.9. The van der Waals surface area contributed by atoms with Crippen LogP contribution < -0.4 is 9.64 Å². The fourth-order valence-corrected chi connectivity index (χ4v) is 2.35. The zero-order chi connectivity index (χ0) is 13.0. The molecule has 0 amide bonds. The molecule has 4 heteroatoms. The minimum atomic E-state index is -0.0831. The third-order valence-corrected chi connectivity index (χ3v) is 3.45. The van der Waals surface area contributed by atoms with E-state index in [1.807, 2.05) is 18.2 Å². The van der Waals surface area contributed by atoms with E-state index in [1.165, 1.54) is 7.11 Å². The Bertz CT molecular complexity index is 411. The number of anilines is 1. The Morgan fingerprint density at radius 1 is 1.28 bits per heavy atom. The molecule has 1 aromatic carbocycles. The van der Waals surface area contributed by atoms with Crippen molar-refractivity contribution >= 4 is 11.7 Å². The molecule has 1 aliphatic heterocycles. The van der Waals surface area contributed by atoms with Crippen LogP contribution in [0, 0.1) is 5.92 Å². The van der Waals surface area contributed by atoms with E-state index in [1.54, 1.807) is 7.11 Å². The first-order valence-electron chi connectivity index (χ1n) is 6.21. The molecule has 1 fully saturated rings. The van der Waals surface area contributed by atoms with Gasteiger partial charge < -0.3 is 14.4 Å². The van der Waals surface area contributed by atoms with E-state index < -0.39 is 0 Å². The lowest BCUT2D eigenvalue weighted by molar-refractivity contribution is -0.146. The molecule has 1 heterocycles. The summed E-state index contributed by atoms with van der Waals surface area (Å²) in [6, 6.07) is 8.02. The average Bonchev–Trinajstić information content (AvgIpc) is 2.46. The SMILES string of the molecule is COC(=O)C1CCN(c2cccc(OC)c2)CC1. The van der Waals surface area contributed by atoms with E-state index >= 15 is 0 Å². The molecule has 0 saturated carbocycles. The number of benzene rings is 1. The van der Waals surface area contributed by atoms with Gasteiger partial charge in [-0.05, 0) is 25.0 Å². The minimum Gasteiger partial charge on any atom is -0.497 e. The van der Waals surface area contributed by atoms with Crippen molar-refractivity contribution in [3.8, 4) is 5.75 Å². The van der Waals surface area contributed by atoms with Crippen molar-refractivity contribution in [1.82, 2.24) is 0 Å². The molecule has 1 aromatic rings. The van der Waals surface area contributed by atoms with Crippen LogP contribution in [0.1, 0.15) is 12.8 Å². The number of hydrogen-bond acceptors (Lipinski definition) is 4. The number of methoxy groups -OCH3 is 2. The monoisotopic (exact) mass is 249 g/mol. The topological polar surface area (TPSA) is 38.8 Å². The van der Waals surface area contributed by atoms with Gasteiger partial charge in [-0.25, -0.2) is 0 Å². The van der Waals surface area contributed by atoms with Crippen LogP contribution in [0.3, 0.4) is 0 Å². The van der Waals surface area contributed by atoms with E-state index in [9.17, 15) is 4.79 Å².